The summed E-state index contributed by atoms with van der Waals surface area (Å²) in [6.07, 6.45) is 3.89. The average molecular weight is 433 g/mol. The molecule has 7 heteroatoms. The molecule has 0 saturated heterocycles. The zero-order valence-corrected chi connectivity index (χ0v) is 17.8. The van der Waals surface area contributed by atoms with E-state index in [1.807, 2.05) is 54.9 Å². The molecule has 0 fully saturated rings. The van der Waals surface area contributed by atoms with Gasteiger partial charge in [-0.3, -0.25) is 4.79 Å². The summed E-state index contributed by atoms with van der Waals surface area (Å²) in [7, 11) is 1.63. The van der Waals surface area contributed by atoms with Gasteiger partial charge in [-0.2, -0.15) is 5.10 Å². The van der Waals surface area contributed by atoms with E-state index >= 15 is 0 Å². The molecule has 2 aromatic carbocycles. The van der Waals surface area contributed by atoms with Crippen molar-refractivity contribution in [3.8, 4) is 5.69 Å². The van der Waals surface area contributed by atoms with Gasteiger partial charge in [0.1, 0.15) is 0 Å². The molecule has 5 rings (SSSR count). The molecule has 1 amide bonds. The van der Waals surface area contributed by atoms with Crippen molar-refractivity contribution in [3.05, 3.63) is 101 Å². The second kappa shape index (κ2) is 8.06. The molecule has 156 valence electrons. The number of aromatic nitrogens is 3. The maximum absolute atomic E-state index is 13.6. The van der Waals surface area contributed by atoms with E-state index in [1.165, 1.54) is 0 Å². The van der Waals surface area contributed by atoms with Crippen molar-refractivity contribution in [2.24, 2.45) is 0 Å². The summed E-state index contributed by atoms with van der Waals surface area (Å²) in [4.78, 5) is 15.4. The number of nitrogens with zero attached hydrogens (tertiary/aromatic N) is 4. The third-order valence-electron chi connectivity index (χ3n) is 5.50. The first-order valence-electron chi connectivity index (χ1n) is 10.0. The predicted octanol–water partition coefficient (Wildman–Crippen LogP) is 4.68. The van der Waals surface area contributed by atoms with Crippen LogP contribution in [0, 0.1) is 0 Å². The molecule has 0 saturated carbocycles. The lowest BCUT2D eigenvalue weighted by atomic mass is 10.1. The van der Waals surface area contributed by atoms with Crippen molar-refractivity contribution in [1.29, 1.82) is 0 Å². The van der Waals surface area contributed by atoms with Gasteiger partial charge in [-0.1, -0.05) is 29.8 Å². The Bertz CT molecular complexity index is 1260. The summed E-state index contributed by atoms with van der Waals surface area (Å²) in [6, 6.07) is 19.3. The number of hydrogen-bond donors (Lipinski definition) is 0. The first kappa shape index (κ1) is 19.6. The Balaban J connectivity index is 1.49. The minimum absolute atomic E-state index is 0.126. The van der Waals surface area contributed by atoms with E-state index < -0.39 is 0 Å². The van der Waals surface area contributed by atoms with Crippen molar-refractivity contribution in [2.45, 2.75) is 19.7 Å². The lowest BCUT2D eigenvalue weighted by Gasteiger charge is -2.23. The second-order valence-corrected chi connectivity index (χ2v) is 7.90. The van der Waals surface area contributed by atoms with Crippen LogP contribution >= 0.6 is 11.6 Å². The first-order chi connectivity index (χ1) is 15.1. The molecule has 1 aliphatic rings. The Morgan fingerprint density at radius 1 is 1.06 bits per heavy atom. The third-order valence-corrected chi connectivity index (χ3v) is 5.81. The summed E-state index contributed by atoms with van der Waals surface area (Å²) in [5, 5.41) is 4.86. The number of rotatable bonds is 4. The van der Waals surface area contributed by atoms with Crippen LogP contribution in [0.4, 0.5) is 5.69 Å². The van der Waals surface area contributed by atoms with Gasteiger partial charge in [-0.05, 0) is 48.0 Å². The van der Waals surface area contributed by atoms with Crippen LogP contribution in [0.3, 0.4) is 0 Å². The summed E-state index contributed by atoms with van der Waals surface area (Å²) in [5.41, 5.74) is 5.16. The Hall–Kier alpha value is -3.35. The number of halogens is 1. The quantitative estimate of drug-likeness (QED) is 0.470. The van der Waals surface area contributed by atoms with Crippen molar-refractivity contribution in [2.75, 3.05) is 12.0 Å². The predicted molar refractivity (Wildman–Crippen MR) is 120 cm³/mol. The number of fused-ring (bicyclic) bond motifs is 2. The topological polar surface area (TPSA) is 52.3 Å². The van der Waals surface area contributed by atoms with Crippen LogP contribution in [0.2, 0.25) is 5.02 Å². The van der Waals surface area contributed by atoms with Crippen LogP contribution in [-0.2, 0) is 24.4 Å². The van der Waals surface area contributed by atoms with Gasteiger partial charge in [0.15, 0.2) is 0 Å². The lowest BCUT2D eigenvalue weighted by Crippen LogP contribution is -2.30. The molecular weight excluding hydrogens is 412 g/mol. The Morgan fingerprint density at radius 2 is 1.94 bits per heavy atom. The van der Waals surface area contributed by atoms with E-state index in [2.05, 4.69) is 15.7 Å². The first-order valence-corrected chi connectivity index (χ1v) is 10.4. The molecule has 0 N–H and O–H groups in total. The van der Waals surface area contributed by atoms with Crippen LogP contribution in [0.15, 0.2) is 73.1 Å². The highest BCUT2D eigenvalue weighted by Gasteiger charge is 2.26. The zero-order chi connectivity index (χ0) is 21.4. The van der Waals surface area contributed by atoms with Gasteiger partial charge in [-0.25, -0.2) is 4.68 Å². The number of carbonyl (C=O) groups excluding carboxylic acids is 1. The zero-order valence-electron chi connectivity index (χ0n) is 17.0. The smallest absolute Gasteiger partial charge is 0.260 e. The standard InChI is InChI=1S/C24H21ClN4O2/c1-31-16-18-10-12-29(26-18)19-8-9-21(22(25)13-19)24(30)28-15-20-6-4-11-27(20)14-17-5-2-3-7-23(17)28/h2-13H,14-16H2,1H3. The number of anilines is 1. The van der Waals surface area contributed by atoms with Crippen molar-refractivity contribution in [3.63, 3.8) is 0 Å². The van der Waals surface area contributed by atoms with E-state index in [0.29, 0.717) is 23.7 Å². The summed E-state index contributed by atoms with van der Waals surface area (Å²) in [6.45, 7) is 1.66. The van der Waals surface area contributed by atoms with Gasteiger partial charge in [-0.15, -0.1) is 0 Å². The Kier molecular flexibility index (Phi) is 5.10. The third kappa shape index (κ3) is 3.65. The van der Waals surface area contributed by atoms with E-state index in [1.54, 1.807) is 28.8 Å². The largest absolute Gasteiger partial charge is 0.378 e. The summed E-state index contributed by atoms with van der Waals surface area (Å²) in [5.74, 6) is -0.126. The maximum atomic E-state index is 13.6. The molecular formula is C24H21ClN4O2. The van der Waals surface area contributed by atoms with E-state index in [9.17, 15) is 4.79 Å². The Labute approximate surface area is 185 Å². The molecule has 1 aliphatic heterocycles. The minimum atomic E-state index is -0.126. The van der Waals surface area contributed by atoms with Crippen molar-refractivity contribution >= 4 is 23.2 Å². The van der Waals surface area contributed by atoms with Gasteiger partial charge < -0.3 is 14.2 Å². The van der Waals surface area contributed by atoms with Gasteiger partial charge in [0.25, 0.3) is 5.91 Å². The normalized spacial score (nSPS) is 12.9. The van der Waals surface area contributed by atoms with Crippen LogP contribution in [0.1, 0.15) is 27.3 Å². The molecule has 4 aromatic rings. The second-order valence-electron chi connectivity index (χ2n) is 7.50. The fraction of sp³-hybridized carbons (Fsp3) is 0.167. The molecule has 0 spiro atoms. The highest BCUT2D eigenvalue weighted by Crippen LogP contribution is 2.31. The van der Waals surface area contributed by atoms with Crippen molar-refractivity contribution < 1.29 is 9.53 Å². The fourth-order valence-electron chi connectivity index (χ4n) is 3.96. The molecule has 6 nitrogen and oxygen atoms in total. The molecule has 2 aromatic heterocycles. The molecule has 0 radical (unpaired) electrons. The monoisotopic (exact) mass is 432 g/mol. The van der Waals surface area contributed by atoms with Gasteiger partial charge in [0.2, 0.25) is 0 Å². The molecule has 0 atom stereocenters. The number of ether oxygens (including phenoxy) is 1. The van der Waals surface area contributed by atoms with Crippen LogP contribution in [0.25, 0.3) is 5.69 Å². The highest BCUT2D eigenvalue weighted by atomic mass is 35.5. The van der Waals surface area contributed by atoms with E-state index in [0.717, 1.165) is 34.9 Å². The van der Waals surface area contributed by atoms with Gasteiger partial charge >= 0.3 is 0 Å². The number of hydrogen-bond acceptors (Lipinski definition) is 3. The summed E-state index contributed by atoms with van der Waals surface area (Å²) < 4.78 is 9.02. The van der Waals surface area contributed by atoms with Crippen LogP contribution in [-0.4, -0.2) is 27.4 Å². The number of benzene rings is 2. The van der Waals surface area contributed by atoms with Gasteiger partial charge in [0, 0.05) is 37.4 Å². The highest BCUT2D eigenvalue weighted by molar-refractivity contribution is 6.34. The van der Waals surface area contributed by atoms with E-state index in [-0.39, 0.29) is 5.91 Å². The maximum Gasteiger partial charge on any atom is 0.260 e. The van der Waals surface area contributed by atoms with E-state index in [4.69, 9.17) is 16.3 Å². The molecule has 0 unspecified atom stereocenters. The SMILES string of the molecule is COCc1ccn(-c2ccc(C(=O)N3Cc4cccn4Cc4ccccc43)c(Cl)c2)n1. The summed E-state index contributed by atoms with van der Waals surface area (Å²) >= 11 is 6.59. The molecule has 3 heterocycles. The van der Waals surface area contributed by atoms with Crippen molar-refractivity contribution in [1.82, 2.24) is 14.3 Å². The lowest BCUT2D eigenvalue weighted by molar-refractivity contribution is 0.0985. The molecule has 0 bridgehead atoms. The van der Waals surface area contributed by atoms with Gasteiger partial charge in [0.05, 0.1) is 35.1 Å². The number of methoxy groups -OCH3 is 1. The Morgan fingerprint density at radius 3 is 2.77 bits per heavy atom. The number of carbonyl (C=O) groups is 1. The average Bonchev–Trinajstić information content (AvgIpc) is 3.39. The molecule has 0 aliphatic carbocycles. The minimum Gasteiger partial charge on any atom is -0.378 e. The molecule has 31 heavy (non-hydrogen) atoms. The number of para-hydroxylation sites is 1. The van der Waals surface area contributed by atoms with Crippen LogP contribution < -0.4 is 4.90 Å². The van der Waals surface area contributed by atoms with Crippen LogP contribution in [0.5, 0.6) is 0 Å². The number of amides is 1. The fourth-order valence-corrected chi connectivity index (χ4v) is 4.22.